The summed E-state index contributed by atoms with van der Waals surface area (Å²) in [5.74, 6) is 1.58. The molecule has 0 amide bonds. The van der Waals surface area contributed by atoms with Gasteiger partial charge in [0.15, 0.2) is 5.96 Å². The first-order valence-electron chi connectivity index (χ1n) is 9.45. The van der Waals surface area contributed by atoms with Gasteiger partial charge >= 0.3 is 0 Å². The van der Waals surface area contributed by atoms with Crippen molar-refractivity contribution in [1.29, 1.82) is 0 Å². The van der Waals surface area contributed by atoms with Gasteiger partial charge in [0.25, 0.3) is 0 Å². The molecule has 1 aliphatic rings. The van der Waals surface area contributed by atoms with Gasteiger partial charge in [0.1, 0.15) is 0 Å². The third kappa shape index (κ3) is 8.02. The summed E-state index contributed by atoms with van der Waals surface area (Å²) in [6.45, 7) is 13.4. The lowest BCUT2D eigenvalue weighted by Crippen LogP contribution is -2.50. The Balaban J connectivity index is 2.42. The smallest absolute Gasteiger partial charge is 0.191 e. The molecule has 1 heterocycles. The van der Waals surface area contributed by atoms with E-state index in [1.54, 1.807) is 0 Å². The molecule has 5 heteroatoms. The van der Waals surface area contributed by atoms with Crippen molar-refractivity contribution in [1.82, 2.24) is 20.4 Å². The van der Waals surface area contributed by atoms with Crippen LogP contribution in [-0.4, -0.2) is 75.2 Å². The zero-order valence-corrected chi connectivity index (χ0v) is 16.1. The van der Waals surface area contributed by atoms with Crippen LogP contribution in [-0.2, 0) is 0 Å². The van der Waals surface area contributed by atoms with Crippen molar-refractivity contribution in [3.8, 4) is 0 Å². The van der Waals surface area contributed by atoms with Crippen molar-refractivity contribution in [3.05, 3.63) is 0 Å². The first kappa shape index (κ1) is 20.2. The van der Waals surface area contributed by atoms with Gasteiger partial charge in [-0.25, -0.2) is 0 Å². The molecule has 136 valence electrons. The minimum Gasteiger partial charge on any atom is -0.355 e. The van der Waals surface area contributed by atoms with Crippen LogP contribution in [0.1, 0.15) is 46.5 Å². The standard InChI is InChI=1S/C18H39N5/c1-6-22(5)14-11-20-18(19-4)21-15-17(16(2)3)23-12-9-7-8-10-13-23/h16-17H,6-15H2,1-5H3,(H2,19,20,21). The summed E-state index contributed by atoms with van der Waals surface area (Å²) in [5.41, 5.74) is 0. The molecule has 1 fully saturated rings. The third-order valence-corrected chi connectivity index (χ3v) is 4.91. The fourth-order valence-electron chi connectivity index (χ4n) is 3.16. The average Bonchev–Trinajstić information content (AvgIpc) is 2.82. The molecule has 1 saturated heterocycles. The third-order valence-electron chi connectivity index (χ3n) is 4.91. The monoisotopic (exact) mass is 325 g/mol. The van der Waals surface area contributed by atoms with Crippen molar-refractivity contribution in [3.63, 3.8) is 0 Å². The van der Waals surface area contributed by atoms with Crippen LogP contribution in [0.4, 0.5) is 0 Å². The van der Waals surface area contributed by atoms with Gasteiger partial charge in [-0.3, -0.25) is 9.89 Å². The summed E-state index contributed by atoms with van der Waals surface area (Å²) in [6, 6.07) is 0.588. The van der Waals surface area contributed by atoms with Gasteiger partial charge < -0.3 is 15.5 Å². The molecule has 0 spiro atoms. The lowest BCUT2D eigenvalue weighted by Gasteiger charge is -2.34. The lowest BCUT2D eigenvalue weighted by molar-refractivity contribution is 0.161. The topological polar surface area (TPSA) is 42.9 Å². The highest BCUT2D eigenvalue weighted by Gasteiger charge is 2.22. The van der Waals surface area contributed by atoms with E-state index < -0.39 is 0 Å². The van der Waals surface area contributed by atoms with E-state index in [0.717, 1.165) is 32.1 Å². The number of hydrogen-bond donors (Lipinski definition) is 2. The first-order chi connectivity index (χ1) is 11.1. The summed E-state index contributed by atoms with van der Waals surface area (Å²) < 4.78 is 0. The molecule has 1 unspecified atom stereocenters. The minimum atomic E-state index is 0.588. The Morgan fingerprint density at radius 3 is 2.30 bits per heavy atom. The molecular weight excluding hydrogens is 286 g/mol. The van der Waals surface area contributed by atoms with Crippen LogP contribution >= 0.6 is 0 Å². The normalized spacial score (nSPS) is 19.0. The summed E-state index contributed by atoms with van der Waals surface area (Å²) in [5, 5.41) is 6.96. The second-order valence-electron chi connectivity index (χ2n) is 7.04. The van der Waals surface area contributed by atoms with Crippen LogP contribution in [0.15, 0.2) is 4.99 Å². The number of rotatable bonds is 8. The van der Waals surface area contributed by atoms with E-state index in [4.69, 9.17) is 0 Å². The molecule has 1 aliphatic heterocycles. The van der Waals surface area contributed by atoms with Crippen LogP contribution in [0.2, 0.25) is 0 Å². The summed E-state index contributed by atoms with van der Waals surface area (Å²) in [7, 11) is 4.00. The second-order valence-corrected chi connectivity index (χ2v) is 7.04. The average molecular weight is 326 g/mol. The molecule has 0 aromatic carbocycles. The number of hydrogen-bond acceptors (Lipinski definition) is 3. The maximum Gasteiger partial charge on any atom is 0.191 e. The first-order valence-corrected chi connectivity index (χ1v) is 9.45. The number of nitrogens with one attached hydrogen (secondary N) is 2. The van der Waals surface area contributed by atoms with Crippen molar-refractivity contribution in [2.75, 3.05) is 53.4 Å². The van der Waals surface area contributed by atoms with Gasteiger partial charge in [-0.05, 0) is 45.4 Å². The summed E-state index contributed by atoms with van der Waals surface area (Å²) in [4.78, 5) is 9.35. The van der Waals surface area contributed by atoms with Gasteiger partial charge in [0.05, 0.1) is 0 Å². The van der Waals surface area contributed by atoms with Crippen LogP contribution < -0.4 is 10.6 Å². The molecule has 0 aromatic rings. The zero-order chi connectivity index (χ0) is 17.1. The predicted molar refractivity (Wildman–Crippen MR) is 101 cm³/mol. The van der Waals surface area contributed by atoms with E-state index >= 15 is 0 Å². The molecule has 5 nitrogen and oxygen atoms in total. The lowest BCUT2D eigenvalue weighted by atomic mass is 10.0. The second kappa shape index (κ2) is 11.7. The van der Waals surface area contributed by atoms with Crippen molar-refractivity contribution in [2.45, 2.75) is 52.5 Å². The van der Waals surface area contributed by atoms with E-state index in [2.05, 4.69) is 53.2 Å². The number of nitrogens with zero attached hydrogens (tertiary/aromatic N) is 3. The Hall–Kier alpha value is -0.810. The number of likely N-dealkylation sites (tertiary alicyclic amines) is 1. The highest BCUT2D eigenvalue weighted by molar-refractivity contribution is 5.79. The van der Waals surface area contributed by atoms with Gasteiger partial charge in [-0.1, -0.05) is 33.6 Å². The van der Waals surface area contributed by atoms with Gasteiger partial charge in [-0.2, -0.15) is 0 Å². The van der Waals surface area contributed by atoms with Crippen molar-refractivity contribution < 1.29 is 0 Å². The van der Waals surface area contributed by atoms with E-state index in [1.807, 2.05) is 7.05 Å². The minimum absolute atomic E-state index is 0.588. The molecule has 2 N–H and O–H groups in total. The maximum absolute atomic E-state index is 4.36. The molecule has 1 atom stereocenters. The van der Waals surface area contributed by atoms with E-state index in [1.165, 1.54) is 38.8 Å². The zero-order valence-electron chi connectivity index (χ0n) is 16.1. The van der Waals surface area contributed by atoms with Gasteiger partial charge in [0, 0.05) is 32.7 Å². The van der Waals surface area contributed by atoms with Crippen LogP contribution in [0.3, 0.4) is 0 Å². The quantitative estimate of drug-likeness (QED) is 0.529. The van der Waals surface area contributed by atoms with Crippen molar-refractivity contribution >= 4 is 5.96 Å². The van der Waals surface area contributed by atoms with Crippen LogP contribution in [0.25, 0.3) is 0 Å². The molecule has 0 aromatic heterocycles. The van der Waals surface area contributed by atoms with E-state index in [-0.39, 0.29) is 0 Å². The Labute approximate surface area is 143 Å². The molecule has 0 aliphatic carbocycles. The largest absolute Gasteiger partial charge is 0.355 e. The van der Waals surface area contributed by atoms with E-state index in [0.29, 0.717) is 12.0 Å². The summed E-state index contributed by atoms with van der Waals surface area (Å²) >= 11 is 0. The Morgan fingerprint density at radius 1 is 1.13 bits per heavy atom. The summed E-state index contributed by atoms with van der Waals surface area (Å²) in [6.07, 6.45) is 5.48. The predicted octanol–water partition coefficient (Wildman–Crippen LogP) is 2.00. The highest BCUT2D eigenvalue weighted by atomic mass is 15.2. The van der Waals surface area contributed by atoms with E-state index in [9.17, 15) is 0 Å². The Morgan fingerprint density at radius 2 is 1.78 bits per heavy atom. The Kier molecular flexibility index (Phi) is 10.3. The Bertz CT molecular complexity index is 321. The molecule has 0 radical (unpaired) electrons. The number of likely N-dealkylation sites (N-methyl/N-ethyl adjacent to an activating group) is 1. The number of aliphatic imine (C=N–C) groups is 1. The SMILES string of the molecule is CCN(C)CCNC(=NC)NCC(C(C)C)N1CCCCCC1. The van der Waals surface area contributed by atoms with Crippen molar-refractivity contribution in [2.24, 2.45) is 10.9 Å². The fraction of sp³-hybridized carbons (Fsp3) is 0.944. The molecule has 23 heavy (non-hydrogen) atoms. The molecule has 1 rings (SSSR count). The molecule has 0 bridgehead atoms. The molecular formula is C18H39N5. The van der Waals surface area contributed by atoms with Crippen LogP contribution in [0.5, 0.6) is 0 Å². The fourth-order valence-corrected chi connectivity index (χ4v) is 3.16. The number of guanidine groups is 1. The molecule has 0 saturated carbocycles. The maximum atomic E-state index is 4.36. The highest BCUT2D eigenvalue weighted by Crippen LogP contribution is 2.16. The van der Waals surface area contributed by atoms with Gasteiger partial charge in [0.2, 0.25) is 0 Å². The van der Waals surface area contributed by atoms with Gasteiger partial charge in [-0.15, -0.1) is 0 Å². The van der Waals surface area contributed by atoms with Crippen LogP contribution in [0, 0.1) is 5.92 Å².